The Balaban J connectivity index is 1.63. The van der Waals surface area contributed by atoms with Gasteiger partial charge in [-0.15, -0.1) is 0 Å². The summed E-state index contributed by atoms with van der Waals surface area (Å²) in [5.74, 6) is -0.0254. The van der Waals surface area contributed by atoms with Gasteiger partial charge >= 0.3 is 0 Å². The van der Waals surface area contributed by atoms with Gasteiger partial charge in [-0.25, -0.2) is 0 Å². The van der Waals surface area contributed by atoms with Crippen molar-refractivity contribution in [3.63, 3.8) is 0 Å². The van der Waals surface area contributed by atoms with Crippen LogP contribution in [0.25, 0.3) is 10.9 Å². The van der Waals surface area contributed by atoms with Crippen molar-refractivity contribution < 1.29 is 14.3 Å². The Kier molecular flexibility index (Phi) is 5.95. The van der Waals surface area contributed by atoms with Crippen molar-refractivity contribution in [1.82, 2.24) is 9.47 Å². The number of benzene rings is 2. The highest BCUT2D eigenvalue weighted by Gasteiger charge is 2.23. The van der Waals surface area contributed by atoms with E-state index in [1.54, 1.807) is 41.3 Å². The van der Waals surface area contributed by atoms with Crippen LogP contribution in [0.15, 0.2) is 53.3 Å². The van der Waals surface area contributed by atoms with Crippen LogP contribution in [0.2, 0.25) is 5.02 Å². The zero-order valence-electron chi connectivity index (χ0n) is 17.1. The normalized spacial score (nSPS) is 13.4. The summed E-state index contributed by atoms with van der Waals surface area (Å²) in [5, 5.41) is 3.76. The zero-order chi connectivity index (χ0) is 22.0. The second kappa shape index (κ2) is 8.81. The van der Waals surface area contributed by atoms with E-state index in [1.165, 1.54) is 17.7 Å². The number of pyridine rings is 1. The molecular weight excluding hydrogens is 418 g/mol. The van der Waals surface area contributed by atoms with Crippen molar-refractivity contribution in [3.8, 4) is 5.75 Å². The summed E-state index contributed by atoms with van der Waals surface area (Å²) in [7, 11) is 1.51. The summed E-state index contributed by atoms with van der Waals surface area (Å²) in [6.45, 7) is 1.20. The fraction of sp³-hybridized carbons (Fsp3) is 0.261. The molecule has 0 radical (unpaired) electrons. The number of ether oxygens (including phenoxy) is 1. The van der Waals surface area contributed by atoms with Gasteiger partial charge < -0.3 is 15.0 Å². The van der Waals surface area contributed by atoms with E-state index in [0.29, 0.717) is 46.0 Å². The fourth-order valence-corrected chi connectivity index (χ4v) is 4.11. The van der Waals surface area contributed by atoms with Crippen LogP contribution < -0.4 is 15.6 Å². The van der Waals surface area contributed by atoms with E-state index in [9.17, 15) is 14.4 Å². The third-order valence-corrected chi connectivity index (χ3v) is 5.68. The van der Waals surface area contributed by atoms with Gasteiger partial charge in [0.15, 0.2) is 0 Å². The predicted molar refractivity (Wildman–Crippen MR) is 120 cm³/mol. The number of nitrogens with zero attached hydrogens (tertiary/aromatic N) is 2. The van der Waals surface area contributed by atoms with Crippen LogP contribution in [0, 0.1) is 0 Å². The van der Waals surface area contributed by atoms with E-state index in [-0.39, 0.29) is 18.4 Å². The van der Waals surface area contributed by atoms with Crippen LogP contribution >= 0.6 is 11.6 Å². The fourth-order valence-electron chi connectivity index (χ4n) is 3.85. The molecule has 1 fully saturated rings. The molecule has 0 atom stereocenters. The van der Waals surface area contributed by atoms with Crippen molar-refractivity contribution in [1.29, 1.82) is 0 Å². The molecule has 2 aromatic carbocycles. The van der Waals surface area contributed by atoms with Gasteiger partial charge in [-0.3, -0.25) is 19.0 Å². The highest BCUT2D eigenvalue weighted by Crippen LogP contribution is 2.27. The Bertz CT molecular complexity index is 1220. The minimum Gasteiger partial charge on any atom is -0.495 e. The first-order valence-electron chi connectivity index (χ1n) is 10.0. The van der Waals surface area contributed by atoms with Crippen LogP contribution in [0.5, 0.6) is 5.75 Å². The molecule has 1 N–H and O–H groups in total. The Labute approximate surface area is 184 Å². The third-order valence-electron chi connectivity index (χ3n) is 5.38. The molecule has 2 heterocycles. The number of para-hydroxylation sites is 1. The van der Waals surface area contributed by atoms with Crippen molar-refractivity contribution >= 4 is 40.0 Å². The molecule has 0 unspecified atom stereocenters. The van der Waals surface area contributed by atoms with E-state index >= 15 is 0 Å². The number of methoxy groups -OCH3 is 1. The SMILES string of the molecule is COc1ccc(NC(=O)Cn2c(=O)cc(C(=O)N3CCCC3)c3ccccc32)cc1Cl. The lowest BCUT2D eigenvalue weighted by Gasteiger charge is -2.18. The molecule has 1 aromatic heterocycles. The Hall–Kier alpha value is -3.32. The van der Waals surface area contributed by atoms with E-state index in [2.05, 4.69) is 5.32 Å². The third kappa shape index (κ3) is 4.27. The molecule has 0 spiro atoms. The molecular formula is C23H22ClN3O4. The standard InChI is InChI=1S/C23H22ClN3O4/c1-31-20-9-8-15(12-18(20)24)25-21(28)14-27-19-7-3-2-6-16(19)17(13-22(27)29)23(30)26-10-4-5-11-26/h2-3,6-9,12-13H,4-5,10-11,14H2,1H3,(H,25,28). The Morgan fingerprint density at radius 2 is 1.84 bits per heavy atom. The number of fused-ring (bicyclic) bond motifs is 1. The number of aromatic nitrogens is 1. The number of amides is 2. The molecule has 2 amide bonds. The van der Waals surface area contributed by atoms with Crippen molar-refractivity contribution in [2.45, 2.75) is 19.4 Å². The largest absolute Gasteiger partial charge is 0.495 e. The number of anilines is 1. The minimum absolute atomic E-state index is 0.143. The monoisotopic (exact) mass is 439 g/mol. The smallest absolute Gasteiger partial charge is 0.254 e. The lowest BCUT2D eigenvalue weighted by Crippen LogP contribution is -2.32. The summed E-state index contributed by atoms with van der Waals surface area (Å²) in [6.07, 6.45) is 1.94. The molecule has 8 heteroatoms. The maximum absolute atomic E-state index is 12.9. The first kappa shape index (κ1) is 20.9. The molecule has 31 heavy (non-hydrogen) atoms. The summed E-state index contributed by atoms with van der Waals surface area (Å²) >= 11 is 6.11. The van der Waals surface area contributed by atoms with Crippen LogP contribution in [0.1, 0.15) is 23.2 Å². The Morgan fingerprint density at radius 3 is 2.55 bits per heavy atom. The number of nitrogens with one attached hydrogen (secondary N) is 1. The highest BCUT2D eigenvalue weighted by molar-refractivity contribution is 6.32. The van der Waals surface area contributed by atoms with Gasteiger partial charge in [0.2, 0.25) is 5.91 Å². The number of likely N-dealkylation sites (tertiary alicyclic amines) is 1. The number of carbonyl (C=O) groups excluding carboxylic acids is 2. The molecule has 7 nitrogen and oxygen atoms in total. The average Bonchev–Trinajstić information content (AvgIpc) is 3.30. The maximum atomic E-state index is 12.9. The topological polar surface area (TPSA) is 80.6 Å². The van der Waals surface area contributed by atoms with Gasteiger partial charge in [0.05, 0.1) is 23.2 Å². The minimum atomic E-state index is -0.399. The lowest BCUT2D eigenvalue weighted by atomic mass is 10.1. The lowest BCUT2D eigenvalue weighted by molar-refractivity contribution is -0.116. The number of rotatable bonds is 5. The molecule has 3 aromatic rings. The summed E-state index contributed by atoms with van der Waals surface area (Å²) in [4.78, 5) is 40.2. The van der Waals surface area contributed by atoms with Gasteiger partial charge in [0.25, 0.3) is 11.5 Å². The van der Waals surface area contributed by atoms with E-state index < -0.39 is 5.56 Å². The van der Waals surface area contributed by atoms with Gasteiger partial charge in [0.1, 0.15) is 12.3 Å². The van der Waals surface area contributed by atoms with Crippen molar-refractivity contribution in [3.05, 3.63) is 69.5 Å². The number of halogens is 1. The quantitative estimate of drug-likeness (QED) is 0.659. The molecule has 4 rings (SSSR count). The molecule has 0 aliphatic carbocycles. The number of hydrogen-bond acceptors (Lipinski definition) is 4. The predicted octanol–water partition coefficient (Wildman–Crippen LogP) is 3.54. The average molecular weight is 440 g/mol. The molecule has 1 aliphatic heterocycles. The maximum Gasteiger partial charge on any atom is 0.254 e. The first-order chi connectivity index (χ1) is 15.0. The molecule has 160 valence electrons. The van der Waals surface area contributed by atoms with Crippen LogP contribution in [0.3, 0.4) is 0 Å². The van der Waals surface area contributed by atoms with E-state index in [4.69, 9.17) is 16.3 Å². The van der Waals surface area contributed by atoms with Crippen molar-refractivity contribution in [2.75, 3.05) is 25.5 Å². The van der Waals surface area contributed by atoms with Crippen LogP contribution in [-0.4, -0.2) is 41.5 Å². The first-order valence-corrected chi connectivity index (χ1v) is 10.4. The van der Waals surface area contributed by atoms with E-state index in [1.807, 2.05) is 6.07 Å². The van der Waals surface area contributed by atoms with Crippen LogP contribution in [-0.2, 0) is 11.3 Å². The highest BCUT2D eigenvalue weighted by atomic mass is 35.5. The van der Waals surface area contributed by atoms with Gasteiger partial charge in [0, 0.05) is 30.2 Å². The van der Waals surface area contributed by atoms with Gasteiger partial charge in [-0.1, -0.05) is 29.8 Å². The summed E-state index contributed by atoms with van der Waals surface area (Å²) < 4.78 is 6.48. The van der Waals surface area contributed by atoms with Gasteiger partial charge in [-0.05, 0) is 37.1 Å². The summed E-state index contributed by atoms with van der Waals surface area (Å²) in [6, 6.07) is 13.4. The molecule has 1 saturated heterocycles. The molecule has 0 bridgehead atoms. The Morgan fingerprint density at radius 1 is 1.10 bits per heavy atom. The number of hydrogen-bond donors (Lipinski definition) is 1. The second-order valence-corrected chi connectivity index (χ2v) is 7.80. The van der Waals surface area contributed by atoms with Crippen molar-refractivity contribution in [2.24, 2.45) is 0 Å². The number of carbonyl (C=O) groups is 2. The van der Waals surface area contributed by atoms with Gasteiger partial charge in [-0.2, -0.15) is 0 Å². The van der Waals surface area contributed by atoms with Crippen LogP contribution in [0.4, 0.5) is 5.69 Å². The summed E-state index contributed by atoms with van der Waals surface area (Å²) in [5.41, 5.74) is 1.01. The van der Waals surface area contributed by atoms with E-state index in [0.717, 1.165) is 12.8 Å². The molecule has 1 aliphatic rings. The second-order valence-electron chi connectivity index (χ2n) is 7.40. The molecule has 0 saturated carbocycles. The zero-order valence-corrected chi connectivity index (χ0v) is 17.8.